The van der Waals surface area contributed by atoms with Gasteiger partial charge in [-0.05, 0) is 24.0 Å². The van der Waals surface area contributed by atoms with Crippen molar-refractivity contribution in [1.82, 2.24) is 9.80 Å². The van der Waals surface area contributed by atoms with E-state index in [1.54, 1.807) is 0 Å². The van der Waals surface area contributed by atoms with Crippen LogP contribution < -0.4 is 0 Å². The van der Waals surface area contributed by atoms with Crippen LogP contribution in [0.1, 0.15) is 23.6 Å². The number of hydrogen-bond donors (Lipinski definition) is 1. The van der Waals surface area contributed by atoms with Gasteiger partial charge in [-0.3, -0.25) is 9.80 Å². The first-order valence-corrected chi connectivity index (χ1v) is 8.51. The molecule has 1 N–H and O–H groups in total. The van der Waals surface area contributed by atoms with E-state index in [0.717, 1.165) is 39.1 Å². The average molecular weight is 314 g/mol. The van der Waals surface area contributed by atoms with Gasteiger partial charge in [-0.1, -0.05) is 30.2 Å². The first-order valence-electron chi connectivity index (χ1n) is 8.51. The number of morpholine rings is 1. The number of nitrogens with zero attached hydrogens (tertiary/aromatic N) is 2. The molecule has 1 aliphatic heterocycles. The van der Waals surface area contributed by atoms with Crippen LogP contribution in [-0.2, 0) is 11.2 Å². The third-order valence-electron chi connectivity index (χ3n) is 4.85. The molecule has 0 radical (unpaired) electrons. The molecule has 0 bridgehead atoms. The molecule has 0 aromatic heterocycles. The van der Waals surface area contributed by atoms with Crippen LogP contribution in [0.2, 0.25) is 0 Å². The topological polar surface area (TPSA) is 35.9 Å². The van der Waals surface area contributed by atoms with Crippen LogP contribution in [0, 0.1) is 12.3 Å². The summed E-state index contributed by atoms with van der Waals surface area (Å²) in [5, 5.41) is 10.5. The zero-order chi connectivity index (χ0) is 16.1. The lowest BCUT2D eigenvalue weighted by Gasteiger charge is -2.33. The molecule has 0 saturated carbocycles. The van der Waals surface area contributed by atoms with Gasteiger partial charge in [0.1, 0.15) is 0 Å². The Kier molecular flexibility index (Phi) is 5.69. The van der Waals surface area contributed by atoms with Crippen molar-refractivity contribution in [3.63, 3.8) is 0 Å². The first kappa shape index (κ1) is 16.5. The quantitative estimate of drug-likeness (QED) is 0.803. The Labute approximate surface area is 139 Å². The highest BCUT2D eigenvalue weighted by Crippen LogP contribution is 2.35. The SMILES string of the molecule is C#CCN(C[C@@H](O)CN1CCOCC1)[C@H]1CCc2ccccc21. The summed E-state index contributed by atoms with van der Waals surface area (Å²) in [6, 6.07) is 8.93. The van der Waals surface area contributed by atoms with Crippen LogP contribution in [0.25, 0.3) is 0 Å². The van der Waals surface area contributed by atoms with Crippen LogP contribution in [0.15, 0.2) is 24.3 Å². The Bertz CT molecular complexity index is 549. The molecule has 0 spiro atoms. The van der Waals surface area contributed by atoms with Gasteiger partial charge in [0, 0.05) is 32.2 Å². The highest BCUT2D eigenvalue weighted by atomic mass is 16.5. The number of β-amino-alcohol motifs (C(OH)–C–C–N with tert-alkyl or cyclic N) is 1. The molecule has 1 fully saturated rings. The average Bonchev–Trinajstić information content (AvgIpc) is 2.99. The number of aryl methyl sites for hydroxylation is 1. The predicted octanol–water partition coefficient (Wildman–Crippen LogP) is 1.30. The summed E-state index contributed by atoms with van der Waals surface area (Å²) in [6.07, 6.45) is 7.38. The zero-order valence-corrected chi connectivity index (χ0v) is 13.7. The molecule has 1 saturated heterocycles. The maximum Gasteiger partial charge on any atom is 0.0794 e. The first-order chi connectivity index (χ1) is 11.3. The molecule has 1 aromatic rings. The molecule has 23 heavy (non-hydrogen) atoms. The smallest absolute Gasteiger partial charge is 0.0794 e. The number of ether oxygens (including phenoxy) is 1. The largest absolute Gasteiger partial charge is 0.390 e. The number of aliphatic hydroxyl groups excluding tert-OH is 1. The van der Waals surface area contributed by atoms with Crippen LogP contribution in [0.3, 0.4) is 0 Å². The van der Waals surface area contributed by atoms with Crippen LogP contribution in [0.4, 0.5) is 0 Å². The molecule has 3 rings (SSSR count). The fourth-order valence-corrected chi connectivity index (χ4v) is 3.74. The van der Waals surface area contributed by atoms with Gasteiger partial charge in [0.25, 0.3) is 0 Å². The number of aliphatic hydroxyl groups is 1. The van der Waals surface area contributed by atoms with Crippen molar-refractivity contribution in [2.45, 2.75) is 25.0 Å². The Morgan fingerprint density at radius 2 is 2.13 bits per heavy atom. The molecular weight excluding hydrogens is 288 g/mol. The Morgan fingerprint density at radius 1 is 1.35 bits per heavy atom. The van der Waals surface area contributed by atoms with Gasteiger partial charge in [-0.15, -0.1) is 6.42 Å². The van der Waals surface area contributed by atoms with E-state index in [1.165, 1.54) is 11.1 Å². The van der Waals surface area contributed by atoms with Crippen molar-refractivity contribution in [3.8, 4) is 12.3 Å². The fourth-order valence-electron chi connectivity index (χ4n) is 3.74. The summed E-state index contributed by atoms with van der Waals surface area (Å²) in [5.41, 5.74) is 2.79. The Morgan fingerprint density at radius 3 is 2.91 bits per heavy atom. The van der Waals surface area contributed by atoms with Gasteiger partial charge in [0.15, 0.2) is 0 Å². The second-order valence-electron chi connectivity index (χ2n) is 6.45. The van der Waals surface area contributed by atoms with Crippen LogP contribution >= 0.6 is 0 Å². The molecule has 0 unspecified atom stereocenters. The molecule has 0 amide bonds. The summed E-state index contributed by atoms with van der Waals surface area (Å²) < 4.78 is 5.36. The molecule has 1 heterocycles. The van der Waals surface area contributed by atoms with Gasteiger partial charge in [0.2, 0.25) is 0 Å². The van der Waals surface area contributed by atoms with E-state index in [1.807, 2.05) is 0 Å². The lowest BCUT2D eigenvalue weighted by Crippen LogP contribution is -2.45. The summed E-state index contributed by atoms with van der Waals surface area (Å²) in [7, 11) is 0. The lowest BCUT2D eigenvalue weighted by atomic mass is 10.1. The second kappa shape index (κ2) is 7.94. The third-order valence-corrected chi connectivity index (χ3v) is 4.85. The highest BCUT2D eigenvalue weighted by molar-refractivity contribution is 5.34. The number of hydrogen-bond acceptors (Lipinski definition) is 4. The summed E-state index contributed by atoms with van der Waals surface area (Å²) >= 11 is 0. The van der Waals surface area contributed by atoms with E-state index in [9.17, 15) is 5.11 Å². The summed E-state index contributed by atoms with van der Waals surface area (Å²) in [5.74, 6) is 2.77. The van der Waals surface area contributed by atoms with E-state index < -0.39 is 0 Å². The van der Waals surface area contributed by atoms with Gasteiger partial charge >= 0.3 is 0 Å². The van der Waals surface area contributed by atoms with Crippen molar-refractivity contribution in [3.05, 3.63) is 35.4 Å². The molecular formula is C19H26N2O2. The normalized spacial score (nSPS) is 22.7. The molecule has 1 aliphatic carbocycles. The van der Waals surface area contributed by atoms with Crippen molar-refractivity contribution in [2.24, 2.45) is 0 Å². The van der Waals surface area contributed by atoms with Crippen LogP contribution in [-0.4, -0.2) is 66.9 Å². The Balaban J connectivity index is 1.62. The fraction of sp³-hybridized carbons (Fsp3) is 0.579. The number of benzene rings is 1. The maximum absolute atomic E-state index is 10.5. The molecule has 4 nitrogen and oxygen atoms in total. The van der Waals surface area contributed by atoms with E-state index in [4.69, 9.17) is 11.2 Å². The van der Waals surface area contributed by atoms with Gasteiger partial charge in [-0.25, -0.2) is 0 Å². The Hall–Kier alpha value is -1.38. The molecule has 2 aliphatic rings. The van der Waals surface area contributed by atoms with Crippen LogP contribution in [0.5, 0.6) is 0 Å². The van der Waals surface area contributed by atoms with E-state index in [0.29, 0.717) is 25.7 Å². The summed E-state index contributed by atoms with van der Waals surface area (Å²) in [4.78, 5) is 4.53. The molecule has 2 atom stereocenters. The minimum absolute atomic E-state index is 0.335. The molecule has 1 aromatic carbocycles. The van der Waals surface area contributed by atoms with Gasteiger partial charge < -0.3 is 9.84 Å². The van der Waals surface area contributed by atoms with Gasteiger partial charge in [-0.2, -0.15) is 0 Å². The van der Waals surface area contributed by atoms with Crippen molar-refractivity contribution in [1.29, 1.82) is 0 Å². The lowest BCUT2D eigenvalue weighted by molar-refractivity contribution is 0.00439. The molecule has 4 heteroatoms. The molecule has 124 valence electrons. The monoisotopic (exact) mass is 314 g/mol. The van der Waals surface area contributed by atoms with Crippen molar-refractivity contribution < 1.29 is 9.84 Å². The zero-order valence-electron chi connectivity index (χ0n) is 13.7. The third kappa shape index (κ3) is 4.13. The summed E-state index contributed by atoms with van der Waals surface area (Å²) in [6.45, 7) is 5.23. The van der Waals surface area contributed by atoms with E-state index in [-0.39, 0.29) is 6.10 Å². The van der Waals surface area contributed by atoms with Gasteiger partial charge in [0.05, 0.1) is 25.9 Å². The minimum atomic E-state index is -0.380. The predicted molar refractivity (Wildman–Crippen MR) is 91.2 cm³/mol. The maximum atomic E-state index is 10.5. The van der Waals surface area contributed by atoms with Crippen molar-refractivity contribution >= 4 is 0 Å². The second-order valence-corrected chi connectivity index (χ2v) is 6.45. The number of rotatable bonds is 6. The standard InChI is InChI=1S/C19H26N2O2/c1-2-9-21(15-17(22)14-20-10-12-23-13-11-20)19-8-7-16-5-3-4-6-18(16)19/h1,3-6,17,19,22H,7-15H2/t17-,19-/m0/s1. The van der Waals surface area contributed by atoms with E-state index >= 15 is 0 Å². The minimum Gasteiger partial charge on any atom is -0.390 e. The number of fused-ring (bicyclic) bond motifs is 1. The highest BCUT2D eigenvalue weighted by Gasteiger charge is 2.29. The number of terminal acetylenes is 1. The van der Waals surface area contributed by atoms with Crippen molar-refractivity contribution in [2.75, 3.05) is 45.9 Å². The van der Waals surface area contributed by atoms with E-state index in [2.05, 4.69) is 40.0 Å².